The van der Waals surface area contributed by atoms with Crippen LogP contribution in [0.25, 0.3) is 0 Å². The minimum absolute atomic E-state index is 0.725. The zero-order valence-electron chi connectivity index (χ0n) is 8.76. The maximum absolute atomic E-state index is 4.42. The summed E-state index contributed by atoms with van der Waals surface area (Å²) in [4.78, 5) is 0. The summed E-state index contributed by atoms with van der Waals surface area (Å²) in [5.41, 5.74) is 0.725. The summed E-state index contributed by atoms with van der Waals surface area (Å²) in [6.07, 6.45) is 10.4. The number of hydrogen-bond donors (Lipinski definition) is 1. The molecular weight excluding hydrogens is 176 g/mol. The molecule has 0 aromatic heterocycles. The van der Waals surface area contributed by atoms with Crippen molar-refractivity contribution in [3.8, 4) is 0 Å². The smallest absolute Gasteiger partial charge is 0.00926 e. The predicted molar refractivity (Wildman–Crippen MR) is 61.3 cm³/mol. The minimum atomic E-state index is 0.725. The van der Waals surface area contributed by atoms with E-state index in [4.69, 9.17) is 0 Å². The molecule has 0 spiro atoms. The van der Waals surface area contributed by atoms with E-state index in [0.29, 0.717) is 0 Å². The van der Waals surface area contributed by atoms with Gasteiger partial charge in [-0.15, -0.1) is 0 Å². The number of fused-ring (bicyclic) bond motifs is 2. The molecule has 2 rings (SSSR count). The van der Waals surface area contributed by atoms with Crippen LogP contribution in [0, 0.1) is 17.3 Å². The molecule has 13 heavy (non-hydrogen) atoms. The highest BCUT2D eigenvalue weighted by Gasteiger charge is 2.40. The first-order valence-corrected chi connectivity index (χ1v) is 6.48. The lowest BCUT2D eigenvalue weighted by Crippen LogP contribution is -2.36. The SMILES string of the molecule is CC1CC2CCCC(CCS)(C1)C2. The van der Waals surface area contributed by atoms with Gasteiger partial charge in [0.25, 0.3) is 0 Å². The van der Waals surface area contributed by atoms with Gasteiger partial charge in [0.05, 0.1) is 0 Å². The molecule has 3 unspecified atom stereocenters. The summed E-state index contributed by atoms with van der Waals surface area (Å²) >= 11 is 4.42. The van der Waals surface area contributed by atoms with Gasteiger partial charge in [0, 0.05) is 0 Å². The Labute approximate surface area is 87.9 Å². The molecule has 0 heterocycles. The van der Waals surface area contributed by atoms with Crippen molar-refractivity contribution in [2.75, 3.05) is 5.75 Å². The maximum atomic E-state index is 4.42. The highest BCUT2D eigenvalue weighted by Crippen LogP contribution is 2.52. The van der Waals surface area contributed by atoms with Crippen LogP contribution in [0.3, 0.4) is 0 Å². The molecule has 0 aromatic rings. The van der Waals surface area contributed by atoms with Gasteiger partial charge in [-0.3, -0.25) is 0 Å². The van der Waals surface area contributed by atoms with Crippen LogP contribution in [-0.4, -0.2) is 5.75 Å². The van der Waals surface area contributed by atoms with Gasteiger partial charge in [-0.2, -0.15) is 12.6 Å². The Morgan fingerprint density at radius 3 is 3.00 bits per heavy atom. The van der Waals surface area contributed by atoms with E-state index >= 15 is 0 Å². The third kappa shape index (κ3) is 2.06. The van der Waals surface area contributed by atoms with E-state index in [9.17, 15) is 0 Å². The lowest BCUT2D eigenvalue weighted by Gasteiger charge is -2.48. The highest BCUT2D eigenvalue weighted by molar-refractivity contribution is 7.80. The van der Waals surface area contributed by atoms with Gasteiger partial charge in [0.2, 0.25) is 0 Å². The first kappa shape index (κ1) is 9.89. The van der Waals surface area contributed by atoms with Crippen LogP contribution in [0.4, 0.5) is 0 Å². The molecule has 3 atom stereocenters. The van der Waals surface area contributed by atoms with E-state index in [0.717, 1.165) is 23.0 Å². The van der Waals surface area contributed by atoms with Crippen molar-refractivity contribution in [1.29, 1.82) is 0 Å². The van der Waals surface area contributed by atoms with Gasteiger partial charge < -0.3 is 0 Å². The van der Waals surface area contributed by atoms with E-state index in [1.165, 1.54) is 44.9 Å². The Morgan fingerprint density at radius 1 is 1.38 bits per heavy atom. The molecule has 0 aliphatic heterocycles. The summed E-state index contributed by atoms with van der Waals surface area (Å²) in [6.45, 7) is 2.45. The normalized spacial score (nSPS) is 44.8. The second-order valence-corrected chi connectivity index (χ2v) is 5.93. The molecule has 2 aliphatic rings. The van der Waals surface area contributed by atoms with Crippen LogP contribution in [0.2, 0.25) is 0 Å². The second kappa shape index (κ2) is 3.84. The van der Waals surface area contributed by atoms with E-state index in [2.05, 4.69) is 19.6 Å². The molecule has 2 fully saturated rings. The molecule has 1 heteroatoms. The average molecular weight is 198 g/mol. The molecule has 0 N–H and O–H groups in total. The first-order chi connectivity index (χ1) is 6.24. The lowest BCUT2D eigenvalue weighted by molar-refractivity contribution is 0.0432. The van der Waals surface area contributed by atoms with Gasteiger partial charge >= 0.3 is 0 Å². The van der Waals surface area contributed by atoms with Crippen LogP contribution in [0.1, 0.15) is 51.9 Å². The first-order valence-electron chi connectivity index (χ1n) is 5.85. The quantitative estimate of drug-likeness (QED) is 0.639. The molecule has 0 nitrogen and oxygen atoms in total. The molecule has 2 aliphatic carbocycles. The monoisotopic (exact) mass is 198 g/mol. The van der Waals surface area contributed by atoms with Crippen molar-refractivity contribution in [3.63, 3.8) is 0 Å². The summed E-state index contributed by atoms with van der Waals surface area (Å²) < 4.78 is 0. The number of rotatable bonds is 2. The van der Waals surface area contributed by atoms with Crippen LogP contribution < -0.4 is 0 Å². The van der Waals surface area contributed by atoms with Crippen LogP contribution in [0.5, 0.6) is 0 Å². The summed E-state index contributed by atoms with van der Waals surface area (Å²) in [7, 11) is 0. The van der Waals surface area contributed by atoms with Crippen molar-refractivity contribution in [2.24, 2.45) is 17.3 Å². The molecule has 2 bridgehead atoms. The number of hydrogen-bond acceptors (Lipinski definition) is 1. The van der Waals surface area contributed by atoms with Crippen LogP contribution >= 0.6 is 12.6 Å². The van der Waals surface area contributed by atoms with E-state index in [1.54, 1.807) is 0 Å². The summed E-state index contributed by atoms with van der Waals surface area (Å²) in [5.74, 6) is 3.15. The van der Waals surface area contributed by atoms with Gasteiger partial charge in [-0.25, -0.2) is 0 Å². The summed E-state index contributed by atoms with van der Waals surface area (Å²) in [5, 5.41) is 0. The van der Waals surface area contributed by atoms with E-state index in [1.807, 2.05) is 0 Å². The largest absolute Gasteiger partial charge is 0.179 e. The van der Waals surface area contributed by atoms with Crippen molar-refractivity contribution in [2.45, 2.75) is 51.9 Å². The topological polar surface area (TPSA) is 0 Å². The zero-order valence-corrected chi connectivity index (χ0v) is 9.65. The van der Waals surface area contributed by atoms with Gasteiger partial charge in [0.1, 0.15) is 0 Å². The van der Waals surface area contributed by atoms with Gasteiger partial charge in [-0.05, 0) is 55.1 Å². The molecule has 0 amide bonds. The van der Waals surface area contributed by atoms with Crippen LogP contribution in [-0.2, 0) is 0 Å². The second-order valence-electron chi connectivity index (χ2n) is 5.48. The zero-order chi connectivity index (χ0) is 9.31. The Hall–Kier alpha value is 0.350. The third-order valence-electron chi connectivity index (χ3n) is 4.20. The maximum Gasteiger partial charge on any atom is -0.00926 e. The van der Waals surface area contributed by atoms with Crippen molar-refractivity contribution >= 4 is 12.6 Å². The Bertz CT molecular complexity index is 170. The molecular formula is C12H22S. The number of thiol groups is 1. The molecule has 2 saturated carbocycles. The Morgan fingerprint density at radius 2 is 2.23 bits per heavy atom. The minimum Gasteiger partial charge on any atom is -0.179 e. The fraction of sp³-hybridized carbons (Fsp3) is 1.00. The predicted octanol–water partition coefficient (Wildman–Crippen LogP) is 3.91. The molecule has 0 saturated heterocycles. The van der Waals surface area contributed by atoms with Gasteiger partial charge in [0.15, 0.2) is 0 Å². The van der Waals surface area contributed by atoms with E-state index in [-0.39, 0.29) is 0 Å². The fourth-order valence-corrected chi connectivity index (χ4v) is 4.40. The summed E-state index contributed by atoms with van der Waals surface area (Å²) in [6, 6.07) is 0. The molecule has 76 valence electrons. The Kier molecular flexibility index (Phi) is 2.92. The standard InChI is InChI=1S/C12H22S/c1-10-7-11-3-2-4-12(8-10,9-11)5-6-13/h10-11,13H,2-9H2,1H3. The van der Waals surface area contributed by atoms with Crippen molar-refractivity contribution in [1.82, 2.24) is 0 Å². The average Bonchev–Trinajstić information content (AvgIpc) is 2.02. The van der Waals surface area contributed by atoms with Crippen molar-refractivity contribution < 1.29 is 0 Å². The lowest BCUT2D eigenvalue weighted by atomic mass is 9.58. The third-order valence-corrected chi connectivity index (χ3v) is 4.42. The van der Waals surface area contributed by atoms with Gasteiger partial charge in [-0.1, -0.05) is 19.8 Å². The fourth-order valence-electron chi connectivity index (χ4n) is 3.93. The van der Waals surface area contributed by atoms with Crippen LogP contribution in [0.15, 0.2) is 0 Å². The highest BCUT2D eigenvalue weighted by atomic mass is 32.1. The molecule has 0 aromatic carbocycles. The van der Waals surface area contributed by atoms with Crippen molar-refractivity contribution in [3.05, 3.63) is 0 Å². The van der Waals surface area contributed by atoms with E-state index < -0.39 is 0 Å². The Balaban J connectivity index is 2.06. The molecule has 0 radical (unpaired) electrons.